The van der Waals surface area contributed by atoms with Gasteiger partial charge in [-0.15, -0.1) is 0 Å². The lowest BCUT2D eigenvalue weighted by molar-refractivity contribution is 0.463. The van der Waals surface area contributed by atoms with Gasteiger partial charge in [-0.2, -0.15) is 0 Å². The molecule has 0 aliphatic rings. The molecule has 0 saturated heterocycles. The molecule has 4 heteroatoms. The Morgan fingerprint density at radius 3 is 2.44 bits per heavy atom. The van der Waals surface area contributed by atoms with E-state index in [2.05, 4.69) is 12.0 Å². The maximum Gasteiger partial charge on any atom is 0.250 e. The normalized spacial score (nSPS) is 10.7. The zero-order valence-electron chi connectivity index (χ0n) is 5.67. The minimum Gasteiger partial charge on any atom is -0.338 e. The van der Waals surface area contributed by atoms with Crippen LogP contribution in [0.5, 0.6) is 0 Å². The summed E-state index contributed by atoms with van der Waals surface area (Å²) >= 11 is 0. The van der Waals surface area contributed by atoms with E-state index in [1.165, 1.54) is 0 Å². The van der Waals surface area contributed by atoms with Gasteiger partial charge in [0.2, 0.25) is 8.53 Å². The minimum atomic E-state index is -1.87. The number of hydrogen-bond acceptors (Lipinski definition) is 3. The number of hydrogen-bond donors (Lipinski definition) is 3. The minimum absolute atomic E-state index is 0.715. The first kappa shape index (κ1) is 9.31. The van der Waals surface area contributed by atoms with Crippen LogP contribution >= 0.6 is 8.53 Å². The average molecular weight is 151 g/mol. The zero-order chi connectivity index (χ0) is 7.11. The van der Waals surface area contributed by atoms with Gasteiger partial charge in [0.25, 0.3) is 0 Å². The summed E-state index contributed by atoms with van der Waals surface area (Å²) in [5.41, 5.74) is 0. The molecule has 0 rings (SSSR count). The highest BCUT2D eigenvalue weighted by Gasteiger charge is 1.93. The molecule has 0 aromatic heterocycles. The molecule has 0 atom stereocenters. The van der Waals surface area contributed by atoms with E-state index in [4.69, 9.17) is 9.79 Å². The summed E-state index contributed by atoms with van der Waals surface area (Å²) in [5.74, 6) is 0. The summed E-state index contributed by atoms with van der Waals surface area (Å²) in [6.07, 6.45) is 3.34. The lowest BCUT2D eigenvalue weighted by Gasteiger charge is -2.02. The smallest absolute Gasteiger partial charge is 0.250 e. The topological polar surface area (TPSA) is 52.5 Å². The molecule has 0 aromatic rings. The Balaban J connectivity index is 2.75. The van der Waals surface area contributed by atoms with E-state index >= 15 is 0 Å². The molecule has 0 aliphatic carbocycles. The predicted octanol–water partition coefficient (Wildman–Crippen LogP) is 0.978. The number of unbranched alkanes of at least 4 members (excludes halogenated alkanes) is 2. The highest BCUT2D eigenvalue weighted by atomic mass is 31.2. The van der Waals surface area contributed by atoms with Crippen LogP contribution in [0.2, 0.25) is 0 Å². The maximum atomic E-state index is 8.36. The van der Waals surface area contributed by atoms with Crippen LogP contribution in [-0.2, 0) is 0 Å². The van der Waals surface area contributed by atoms with Crippen molar-refractivity contribution in [1.29, 1.82) is 0 Å². The molecule has 0 radical (unpaired) electrons. The molecule has 9 heavy (non-hydrogen) atoms. The van der Waals surface area contributed by atoms with Crippen LogP contribution in [0.4, 0.5) is 0 Å². The van der Waals surface area contributed by atoms with Crippen LogP contribution in [0.3, 0.4) is 0 Å². The second kappa shape index (κ2) is 6.43. The van der Waals surface area contributed by atoms with Gasteiger partial charge in [0.1, 0.15) is 0 Å². The monoisotopic (exact) mass is 151 g/mol. The molecule has 56 valence electrons. The van der Waals surface area contributed by atoms with E-state index < -0.39 is 8.53 Å². The summed E-state index contributed by atoms with van der Waals surface area (Å²) in [4.78, 5) is 16.7. The molecule has 3 nitrogen and oxygen atoms in total. The molecule has 0 aromatic carbocycles. The van der Waals surface area contributed by atoms with E-state index in [1.807, 2.05) is 0 Å². The lowest BCUT2D eigenvalue weighted by atomic mass is 10.3. The van der Waals surface area contributed by atoms with Crippen LogP contribution in [0.1, 0.15) is 26.2 Å². The van der Waals surface area contributed by atoms with Crippen molar-refractivity contribution < 1.29 is 9.79 Å². The van der Waals surface area contributed by atoms with Gasteiger partial charge in [-0.05, 0) is 6.42 Å². The fourth-order valence-corrected chi connectivity index (χ4v) is 0.912. The molecule has 3 N–H and O–H groups in total. The Labute approximate surface area is 57.1 Å². The standard InChI is InChI=1S/C5H14NO2P/c1-2-3-4-5-6-9(7)8/h6-8H,2-5H2,1H3. The second-order valence-corrected chi connectivity index (χ2v) is 2.80. The fourth-order valence-electron chi connectivity index (χ4n) is 0.554. The Morgan fingerprint density at radius 2 is 2.00 bits per heavy atom. The third-order valence-electron chi connectivity index (χ3n) is 1.03. The molecule has 0 fully saturated rings. The van der Waals surface area contributed by atoms with E-state index in [0.717, 1.165) is 19.3 Å². The van der Waals surface area contributed by atoms with Crippen molar-refractivity contribution in [1.82, 2.24) is 5.09 Å². The Kier molecular flexibility index (Phi) is 6.65. The van der Waals surface area contributed by atoms with Gasteiger partial charge in [0.05, 0.1) is 0 Å². The zero-order valence-corrected chi connectivity index (χ0v) is 6.56. The summed E-state index contributed by atoms with van der Waals surface area (Å²) in [6.45, 7) is 2.83. The summed E-state index contributed by atoms with van der Waals surface area (Å²) in [5, 5.41) is 2.56. The average Bonchev–Trinajstić information content (AvgIpc) is 1.80. The van der Waals surface area contributed by atoms with Crippen LogP contribution in [-0.4, -0.2) is 16.3 Å². The van der Waals surface area contributed by atoms with Crippen molar-refractivity contribution in [2.75, 3.05) is 6.54 Å². The van der Waals surface area contributed by atoms with Gasteiger partial charge in [-0.1, -0.05) is 19.8 Å². The van der Waals surface area contributed by atoms with Crippen molar-refractivity contribution in [2.24, 2.45) is 0 Å². The molecule has 0 unspecified atom stereocenters. The van der Waals surface area contributed by atoms with Gasteiger partial charge in [0.15, 0.2) is 0 Å². The Bertz CT molecular complexity index is 60.9. The van der Waals surface area contributed by atoms with Crippen molar-refractivity contribution in [3.05, 3.63) is 0 Å². The Morgan fingerprint density at radius 1 is 1.33 bits per heavy atom. The molecule has 0 saturated carbocycles. The fraction of sp³-hybridized carbons (Fsp3) is 1.00. The molecular weight excluding hydrogens is 137 g/mol. The number of nitrogens with one attached hydrogen (secondary N) is 1. The number of rotatable bonds is 5. The molecule has 0 heterocycles. The van der Waals surface area contributed by atoms with E-state index in [9.17, 15) is 0 Å². The van der Waals surface area contributed by atoms with Crippen molar-refractivity contribution >= 4 is 8.53 Å². The lowest BCUT2D eigenvalue weighted by Crippen LogP contribution is -2.07. The van der Waals surface area contributed by atoms with Crippen LogP contribution < -0.4 is 5.09 Å². The first-order valence-electron chi connectivity index (χ1n) is 3.18. The molecular formula is C5H14NO2P. The highest BCUT2D eigenvalue weighted by Crippen LogP contribution is 2.14. The van der Waals surface area contributed by atoms with Crippen molar-refractivity contribution in [3.8, 4) is 0 Å². The third kappa shape index (κ3) is 8.31. The van der Waals surface area contributed by atoms with E-state index in [-0.39, 0.29) is 0 Å². The predicted molar refractivity (Wildman–Crippen MR) is 38.9 cm³/mol. The van der Waals surface area contributed by atoms with E-state index in [1.54, 1.807) is 0 Å². The molecule has 0 bridgehead atoms. The van der Waals surface area contributed by atoms with Crippen LogP contribution in [0, 0.1) is 0 Å². The maximum absolute atomic E-state index is 8.36. The quantitative estimate of drug-likeness (QED) is 0.405. The van der Waals surface area contributed by atoms with Crippen molar-refractivity contribution in [2.45, 2.75) is 26.2 Å². The third-order valence-corrected chi connectivity index (χ3v) is 1.54. The van der Waals surface area contributed by atoms with Gasteiger partial charge in [-0.3, -0.25) is 5.09 Å². The van der Waals surface area contributed by atoms with Crippen LogP contribution in [0.25, 0.3) is 0 Å². The summed E-state index contributed by atoms with van der Waals surface area (Å²) < 4.78 is 0. The van der Waals surface area contributed by atoms with Crippen LogP contribution in [0.15, 0.2) is 0 Å². The SMILES string of the molecule is CCCCCNP(O)O. The molecule has 0 aliphatic heterocycles. The largest absolute Gasteiger partial charge is 0.338 e. The summed E-state index contributed by atoms with van der Waals surface area (Å²) in [6, 6.07) is 0. The van der Waals surface area contributed by atoms with Gasteiger partial charge >= 0.3 is 0 Å². The first-order chi connectivity index (χ1) is 4.27. The Hall–Kier alpha value is 0.310. The first-order valence-corrected chi connectivity index (χ1v) is 4.43. The highest BCUT2D eigenvalue weighted by molar-refractivity contribution is 7.42. The van der Waals surface area contributed by atoms with E-state index in [0.29, 0.717) is 6.54 Å². The van der Waals surface area contributed by atoms with Gasteiger partial charge in [0, 0.05) is 6.54 Å². The van der Waals surface area contributed by atoms with Gasteiger partial charge in [-0.25, -0.2) is 0 Å². The van der Waals surface area contributed by atoms with Gasteiger partial charge < -0.3 is 9.79 Å². The molecule has 0 amide bonds. The summed E-state index contributed by atoms with van der Waals surface area (Å²) in [7, 11) is -1.87. The molecule has 0 spiro atoms. The van der Waals surface area contributed by atoms with Crippen molar-refractivity contribution in [3.63, 3.8) is 0 Å². The second-order valence-electron chi connectivity index (χ2n) is 1.90.